The summed E-state index contributed by atoms with van der Waals surface area (Å²) >= 11 is 0. The zero-order valence-electron chi connectivity index (χ0n) is 10.9. The monoisotopic (exact) mass is 239 g/mol. The minimum Gasteiger partial charge on any atom is -0.468 e. The molecule has 1 aromatic heterocycles. The van der Waals surface area contributed by atoms with Crippen LogP contribution in [0.4, 0.5) is 0 Å². The van der Waals surface area contributed by atoms with Gasteiger partial charge in [-0.25, -0.2) is 4.98 Å². The van der Waals surface area contributed by atoms with Gasteiger partial charge in [0.25, 0.3) is 0 Å². The highest BCUT2D eigenvalue weighted by Gasteiger charge is 2.19. The maximum Gasteiger partial charge on any atom is 0.322 e. The topological polar surface area (TPSA) is 56.2 Å². The molecule has 1 aromatic rings. The number of hydrogen-bond acceptors (Lipinski definition) is 4. The molecule has 1 heterocycles. The number of esters is 1. The van der Waals surface area contributed by atoms with Crippen LogP contribution in [0.1, 0.15) is 26.1 Å². The molecule has 0 aliphatic carbocycles. The Hall–Kier alpha value is -1.36. The lowest BCUT2D eigenvalue weighted by Crippen LogP contribution is -2.42. The van der Waals surface area contributed by atoms with Gasteiger partial charge in [-0.05, 0) is 13.3 Å². The second-order valence-corrected chi connectivity index (χ2v) is 4.35. The van der Waals surface area contributed by atoms with E-state index in [1.54, 1.807) is 6.20 Å². The highest BCUT2D eigenvalue weighted by atomic mass is 16.5. The van der Waals surface area contributed by atoms with Crippen molar-refractivity contribution in [3.8, 4) is 0 Å². The predicted molar refractivity (Wildman–Crippen MR) is 65.7 cm³/mol. The molecule has 0 radical (unpaired) electrons. The molecule has 17 heavy (non-hydrogen) atoms. The molecule has 96 valence electrons. The molecule has 0 amide bonds. The van der Waals surface area contributed by atoms with Crippen molar-refractivity contribution in [3.05, 3.63) is 18.2 Å². The summed E-state index contributed by atoms with van der Waals surface area (Å²) in [5.74, 6) is 0.745. The molecule has 1 rings (SSSR count). The third-order valence-electron chi connectivity index (χ3n) is 2.60. The highest BCUT2D eigenvalue weighted by Crippen LogP contribution is 2.03. The second-order valence-electron chi connectivity index (χ2n) is 4.35. The average Bonchev–Trinajstić information content (AvgIpc) is 2.68. The van der Waals surface area contributed by atoms with Gasteiger partial charge in [-0.2, -0.15) is 0 Å². The van der Waals surface area contributed by atoms with Crippen molar-refractivity contribution in [2.45, 2.75) is 45.8 Å². The number of carbonyl (C=O) groups is 1. The summed E-state index contributed by atoms with van der Waals surface area (Å²) in [5.41, 5.74) is 0. The van der Waals surface area contributed by atoms with Gasteiger partial charge in [-0.3, -0.25) is 4.79 Å². The van der Waals surface area contributed by atoms with Crippen LogP contribution in [-0.2, 0) is 16.1 Å². The van der Waals surface area contributed by atoms with Gasteiger partial charge in [0, 0.05) is 25.0 Å². The van der Waals surface area contributed by atoms with Crippen LogP contribution in [0.15, 0.2) is 12.4 Å². The van der Waals surface area contributed by atoms with Gasteiger partial charge < -0.3 is 14.6 Å². The van der Waals surface area contributed by atoms with E-state index in [2.05, 4.69) is 10.3 Å². The molecule has 0 aliphatic heterocycles. The maximum atomic E-state index is 11.6. The zero-order valence-corrected chi connectivity index (χ0v) is 10.9. The van der Waals surface area contributed by atoms with E-state index >= 15 is 0 Å². The summed E-state index contributed by atoms with van der Waals surface area (Å²) in [5, 5.41) is 3.20. The molecule has 0 aromatic carbocycles. The number of carbonyl (C=O) groups excluding carboxylic acids is 1. The number of rotatable bonds is 6. The van der Waals surface area contributed by atoms with Gasteiger partial charge in [0.05, 0.1) is 7.11 Å². The molecule has 1 unspecified atom stereocenters. The molecular formula is C12H21N3O2. The molecule has 5 nitrogen and oxygen atoms in total. The fraction of sp³-hybridized carbons (Fsp3) is 0.667. The van der Waals surface area contributed by atoms with E-state index in [9.17, 15) is 4.79 Å². The number of imidazole rings is 1. The smallest absolute Gasteiger partial charge is 0.322 e. The molecule has 1 N–H and O–H groups in total. The summed E-state index contributed by atoms with van der Waals surface area (Å²) in [6.45, 7) is 6.73. The Morgan fingerprint density at radius 1 is 1.59 bits per heavy atom. The minimum atomic E-state index is -0.262. The van der Waals surface area contributed by atoms with E-state index < -0.39 is 0 Å². The first kappa shape index (κ1) is 13.7. The Morgan fingerprint density at radius 3 is 2.76 bits per heavy atom. The van der Waals surface area contributed by atoms with E-state index in [0.717, 1.165) is 12.4 Å². The van der Waals surface area contributed by atoms with Crippen LogP contribution >= 0.6 is 0 Å². The van der Waals surface area contributed by atoms with E-state index in [4.69, 9.17) is 4.74 Å². The molecule has 0 aliphatic rings. The zero-order chi connectivity index (χ0) is 12.8. The molecule has 0 bridgehead atoms. The van der Waals surface area contributed by atoms with Crippen LogP contribution in [0, 0.1) is 6.92 Å². The number of hydrogen-bond donors (Lipinski definition) is 1. The fourth-order valence-electron chi connectivity index (χ4n) is 1.72. The quantitative estimate of drug-likeness (QED) is 0.756. The van der Waals surface area contributed by atoms with Gasteiger partial charge in [-0.15, -0.1) is 0 Å². The first-order valence-corrected chi connectivity index (χ1v) is 5.86. The second kappa shape index (κ2) is 6.39. The van der Waals surface area contributed by atoms with Gasteiger partial charge in [0.2, 0.25) is 0 Å². The van der Waals surface area contributed by atoms with Crippen LogP contribution < -0.4 is 5.32 Å². The van der Waals surface area contributed by atoms with E-state index in [0.29, 0.717) is 6.42 Å². The first-order chi connectivity index (χ1) is 8.04. The van der Waals surface area contributed by atoms with Crippen molar-refractivity contribution in [1.29, 1.82) is 0 Å². The van der Waals surface area contributed by atoms with Crippen LogP contribution in [0.5, 0.6) is 0 Å². The van der Waals surface area contributed by atoms with Crippen molar-refractivity contribution in [2.24, 2.45) is 0 Å². The number of aryl methyl sites for hydroxylation is 2. The Labute approximate surface area is 102 Å². The van der Waals surface area contributed by atoms with E-state index in [1.165, 1.54) is 7.11 Å². The Kier molecular flexibility index (Phi) is 5.15. The number of methoxy groups -OCH3 is 1. The molecule has 1 atom stereocenters. The largest absolute Gasteiger partial charge is 0.468 e. The lowest BCUT2D eigenvalue weighted by atomic mass is 10.2. The summed E-state index contributed by atoms with van der Waals surface area (Å²) < 4.78 is 6.81. The molecular weight excluding hydrogens is 218 g/mol. The lowest BCUT2D eigenvalue weighted by Gasteiger charge is -2.19. The normalized spacial score (nSPS) is 12.8. The Balaban J connectivity index is 2.55. The maximum absolute atomic E-state index is 11.6. The minimum absolute atomic E-state index is 0.212. The van der Waals surface area contributed by atoms with Crippen molar-refractivity contribution in [3.63, 3.8) is 0 Å². The SMILES string of the molecule is COC(=O)C(CCn1ccnc1C)NC(C)C. The summed E-state index contributed by atoms with van der Waals surface area (Å²) in [4.78, 5) is 15.7. The highest BCUT2D eigenvalue weighted by molar-refractivity contribution is 5.75. The molecule has 0 saturated carbocycles. The predicted octanol–water partition coefficient (Wildman–Crippen LogP) is 1.12. The standard InChI is InChI=1S/C12H21N3O2/c1-9(2)14-11(12(16)17-4)5-7-15-8-6-13-10(15)3/h6,8-9,11,14H,5,7H2,1-4H3. The Bertz CT molecular complexity index is 360. The van der Waals surface area contributed by atoms with Crippen molar-refractivity contribution in [2.75, 3.05) is 7.11 Å². The van der Waals surface area contributed by atoms with Crippen LogP contribution in [-0.4, -0.2) is 34.7 Å². The summed E-state index contributed by atoms with van der Waals surface area (Å²) in [6, 6.07) is -0.00946. The van der Waals surface area contributed by atoms with Gasteiger partial charge >= 0.3 is 5.97 Å². The Morgan fingerprint density at radius 2 is 2.29 bits per heavy atom. The van der Waals surface area contributed by atoms with Crippen molar-refractivity contribution < 1.29 is 9.53 Å². The lowest BCUT2D eigenvalue weighted by molar-refractivity contribution is -0.143. The summed E-state index contributed by atoms with van der Waals surface area (Å²) in [7, 11) is 1.42. The van der Waals surface area contributed by atoms with E-state index in [-0.39, 0.29) is 18.1 Å². The summed E-state index contributed by atoms with van der Waals surface area (Å²) in [6.07, 6.45) is 4.37. The molecule has 0 fully saturated rings. The van der Waals surface area contributed by atoms with Crippen molar-refractivity contribution in [1.82, 2.24) is 14.9 Å². The van der Waals surface area contributed by atoms with E-state index in [1.807, 2.05) is 31.5 Å². The average molecular weight is 239 g/mol. The number of ether oxygens (including phenoxy) is 1. The first-order valence-electron chi connectivity index (χ1n) is 5.86. The van der Waals surface area contributed by atoms with Gasteiger partial charge in [0.1, 0.15) is 11.9 Å². The fourth-order valence-corrected chi connectivity index (χ4v) is 1.72. The van der Waals surface area contributed by atoms with Crippen LogP contribution in [0.25, 0.3) is 0 Å². The van der Waals surface area contributed by atoms with Crippen LogP contribution in [0.2, 0.25) is 0 Å². The number of aromatic nitrogens is 2. The third kappa shape index (κ3) is 4.19. The number of nitrogens with zero attached hydrogens (tertiary/aromatic N) is 2. The van der Waals surface area contributed by atoms with Gasteiger partial charge in [-0.1, -0.05) is 13.8 Å². The van der Waals surface area contributed by atoms with Gasteiger partial charge in [0.15, 0.2) is 0 Å². The van der Waals surface area contributed by atoms with Crippen molar-refractivity contribution >= 4 is 5.97 Å². The molecule has 0 spiro atoms. The van der Waals surface area contributed by atoms with Crippen LogP contribution in [0.3, 0.4) is 0 Å². The molecule has 5 heteroatoms. The third-order valence-corrected chi connectivity index (χ3v) is 2.60. The number of nitrogens with one attached hydrogen (secondary N) is 1. The molecule has 0 saturated heterocycles.